The molecule has 0 bridgehead atoms. The summed E-state index contributed by atoms with van der Waals surface area (Å²) in [5.41, 5.74) is 0.233. The van der Waals surface area contributed by atoms with Gasteiger partial charge in [-0.2, -0.15) is 0 Å². The normalized spacial score (nSPS) is 9.95. The van der Waals surface area contributed by atoms with Crippen molar-refractivity contribution < 1.29 is 14.7 Å². The SMILES string of the molecule is O=C(O)c1ccc(NC(=O)c2ccc(Cl)cn2)nc1. The molecule has 6 nitrogen and oxygen atoms in total. The topological polar surface area (TPSA) is 92.2 Å². The highest BCUT2D eigenvalue weighted by Gasteiger charge is 2.09. The lowest BCUT2D eigenvalue weighted by molar-refractivity contribution is 0.0696. The third-order valence-corrected chi connectivity index (χ3v) is 2.44. The van der Waals surface area contributed by atoms with Crippen LogP contribution >= 0.6 is 11.6 Å². The van der Waals surface area contributed by atoms with Crippen molar-refractivity contribution in [2.45, 2.75) is 0 Å². The molecule has 0 saturated carbocycles. The molecule has 2 aromatic heterocycles. The first kappa shape index (κ1) is 13.0. The average molecular weight is 278 g/mol. The summed E-state index contributed by atoms with van der Waals surface area (Å²) in [5.74, 6) is -1.29. The Morgan fingerprint density at radius 1 is 1.11 bits per heavy atom. The summed E-state index contributed by atoms with van der Waals surface area (Å²) < 4.78 is 0. The van der Waals surface area contributed by atoms with E-state index in [1.165, 1.54) is 24.4 Å². The van der Waals surface area contributed by atoms with E-state index in [0.29, 0.717) is 5.02 Å². The van der Waals surface area contributed by atoms with E-state index in [1.54, 1.807) is 6.07 Å². The Hall–Kier alpha value is -2.47. The predicted octanol–water partition coefficient (Wildman–Crippen LogP) is 2.08. The molecule has 0 unspecified atom stereocenters. The summed E-state index contributed by atoms with van der Waals surface area (Å²) in [6.45, 7) is 0. The molecule has 0 aliphatic carbocycles. The third-order valence-electron chi connectivity index (χ3n) is 2.21. The minimum Gasteiger partial charge on any atom is -0.478 e. The Kier molecular flexibility index (Phi) is 3.72. The molecule has 2 aromatic rings. The van der Waals surface area contributed by atoms with E-state index >= 15 is 0 Å². The van der Waals surface area contributed by atoms with E-state index in [1.807, 2.05) is 0 Å². The van der Waals surface area contributed by atoms with Gasteiger partial charge in [0, 0.05) is 12.4 Å². The molecule has 7 heteroatoms. The van der Waals surface area contributed by atoms with Crippen molar-refractivity contribution in [3.63, 3.8) is 0 Å². The Labute approximate surface area is 113 Å². The number of carboxylic acids is 1. The number of halogens is 1. The smallest absolute Gasteiger partial charge is 0.337 e. The Morgan fingerprint density at radius 2 is 1.89 bits per heavy atom. The molecule has 0 radical (unpaired) electrons. The van der Waals surface area contributed by atoms with Crippen LogP contribution in [0, 0.1) is 0 Å². The number of carbonyl (C=O) groups is 2. The van der Waals surface area contributed by atoms with Crippen molar-refractivity contribution in [3.8, 4) is 0 Å². The van der Waals surface area contributed by atoms with Gasteiger partial charge in [0.15, 0.2) is 0 Å². The largest absolute Gasteiger partial charge is 0.478 e. The number of aromatic nitrogens is 2. The summed E-state index contributed by atoms with van der Waals surface area (Å²) in [4.78, 5) is 30.1. The van der Waals surface area contributed by atoms with Gasteiger partial charge in [0.05, 0.1) is 10.6 Å². The van der Waals surface area contributed by atoms with E-state index in [2.05, 4.69) is 15.3 Å². The van der Waals surface area contributed by atoms with Crippen molar-refractivity contribution in [2.24, 2.45) is 0 Å². The van der Waals surface area contributed by atoms with Gasteiger partial charge in [0.2, 0.25) is 0 Å². The zero-order valence-electron chi connectivity index (χ0n) is 9.50. The number of hydrogen-bond acceptors (Lipinski definition) is 4. The second-order valence-corrected chi connectivity index (χ2v) is 3.99. The van der Waals surface area contributed by atoms with Gasteiger partial charge in [-0.05, 0) is 24.3 Å². The fourth-order valence-corrected chi connectivity index (χ4v) is 1.40. The molecule has 96 valence electrons. The van der Waals surface area contributed by atoms with E-state index in [9.17, 15) is 9.59 Å². The fraction of sp³-hybridized carbons (Fsp3) is 0. The molecule has 0 saturated heterocycles. The van der Waals surface area contributed by atoms with Crippen molar-refractivity contribution in [1.82, 2.24) is 9.97 Å². The third kappa shape index (κ3) is 3.26. The lowest BCUT2D eigenvalue weighted by atomic mass is 10.3. The standard InChI is InChI=1S/C12H8ClN3O3/c13-8-2-3-9(14-6-8)11(17)16-10-4-1-7(5-15-10)12(18)19/h1-6H,(H,18,19)(H,15,16,17). The van der Waals surface area contributed by atoms with Crippen LogP contribution in [0.5, 0.6) is 0 Å². The van der Waals surface area contributed by atoms with Gasteiger partial charge in [0.1, 0.15) is 11.5 Å². The number of carbonyl (C=O) groups excluding carboxylic acids is 1. The number of carboxylic acid groups (broad SMARTS) is 1. The molecule has 0 atom stereocenters. The zero-order chi connectivity index (χ0) is 13.8. The highest BCUT2D eigenvalue weighted by atomic mass is 35.5. The molecular weight excluding hydrogens is 270 g/mol. The molecule has 2 rings (SSSR count). The Bertz CT molecular complexity index is 611. The second-order valence-electron chi connectivity index (χ2n) is 3.55. The number of pyridine rings is 2. The quantitative estimate of drug-likeness (QED) is 0.896. The van der Waals surface area contributed by atoms with E-state index in [-0.39, 0.29) is 17.1 Å². The van der Waals surface area contributed by atoms with Crippen LogP contribution in [0.25, 0.3) is 0 Å². The molecule has 19 heavy (non-hydrogen) atoms. The number of anilines is 1. The number of nitrogens with zero attached hydrogens (tertiary/aromatic N) is 2. The molecular formula is C12H8ClN3O3. The van der Waals surface area contributed by atoms with Crippen LogP contribution in [-0.2, 0) is 0 Å². The van der Waals surface area contributed by atoms with E-state index in [4.69, 9.17) is 16.7 Å². The Morgan fingerprint density at radius 3 is 2.42 bits per heavy atom. The van der Waals surface area contributed by atoms with Crippen LogP contribution in [-0.4, -0.2) is 27.0 Å². The summed E-state index contributed by atoms with van der Waals surface area (Å²) in [5, 5.41) is 11.6. The second kappa shape index (κ2) is 5.45. The van der Waals surface area contributed by atoms with Gasteiger partial charge in [0.25, 0.3) is 5.91 Å². The van der Waals surface area contributed by atoms with Crippen LogP contribution in [0.1, 0.15) is 20.8 Å². The molecule has 2 heterocycles. The van der Waals surface area contributed by atoms with Crippen molar-refractivity contribution in [3.05, 3.63) is 52.9 Å². The number of amides is 1. The van der Waals surface area contributed by atoms with Crippen LogP contribution in [0.3, 0.4) is 0 Å². The highest BCUT2D eigenvalue weighted by molar-refractivity contribution is 6.30. The lowest BCUT2D eigenvalue weighted by Gasteiger charge is -2.04. The number of hydrogen-bond donors (Lipinski definition) is 2. The van der Waals surface area contributed by atoms with Crippen molar-refractivity contribution in [1.29, 1.82) is 0 Å². The molecule has 0 fully saturated rings. The maximum atomic E-state index is 11.8. The monoisotopic (exact) mass is 277 g/mol. The number of rotatable bonds is 3. The van der Waals surface area contributed by atoms with Crippen molar-refractivity contribution >= 4 is 29.3 Å². The van der Waals surface area contributed by atoms with Gasteiger partial charge < -0.3 is 10.4 Å². The fourth-order valence-electron chi connectivity index (χ4n) is 1.28. The lowest BCUT2D eigenvalue weighted by Crippen LogP contribution is -2.14. The first-order chi connectivity index (χ1) is 9.06. The van der Waals surface area contributed by atoms with Gasteiger partial charge in [-0.15, -0.1) is 0 Å². The molecule has 0 aliphatic rings. The highest BCUT2D eigenvalue weighted by Crippen LogP contribution is 2.09. The summed E-state index contributed by atoms with van der Waals surface area (Å²) in [7, 11) is 0. The van der Waals surface area contributed by atoms with Gasteiger partial charge in [-0.1, -0.05) is 11.6 Å². The zero-order valence-corrected chi connectivity index (χ0v) is 10.3. The molecule has 0 spiro atoms. The first-order valence-electron chi connectivity index (χ1n) is 5.18. The van der Waals surface area contributed by atoms with Gasteiger partial charge in [-0.25, -0.2) is 14.8 Å². The predicted molar refractivity (Wildman–Crippen MR) is 68.4 cm³/mol. The molecule has 0 aromatic carbocycles. The van der Waals surface area contributed by atoms with Crippen LogP contribution < -0.4 is 5.32 Å². The number of aromatic carboxylic acids is 1. The van der Waals surface area contributed by atoms with Gasteiger partial charge in [-0.3, -0.25) is 4.79 Å². The van der Waals surface area contributed by atoms with Crippen molar-refractivity contribution in [2.75, 3.05) is 5.32 Å². The minimum absolute atomic E-state index is 0.0441. The molecule has 1 amide bonds. The maximum Gasteiger partial charge on any atom is 0.337 e. The summed E-state index contributed by atoms with van der Waals surface area (Å²) in [6, 6.07) is 5.77. The average Bonchev–Trinajstić information content (AvgIpc) is 2.40. The van der Waals surface area contributed by atoms with Gasteiger partial charge >= 0.3 is 5.97 Å². The maximum absolute atomic E-state index is 11.8. The summed E-state index contributed by atoms with van der Waals surface area (Å²) in [6.07, 6.45) is 2.52. The Balaban J connectivity index is 2.10. The van der Waals surface area contributed by atoms with E-state index < -0.39 is 11.9 Å². The van der Waals surface area contributed by atoms with Crippen LogP contribution in [0.4, 0.5) is 5.82 Å². The summed E-state index contributed by atoms with van der Waals surface area (Å²) >= 11 is 5.66. The van der Waals surface area contributed by atoms with E-state index in [0.717, 1.165) is 6.20 Å². The van der Waals surface area contributed by atoms with Crippen LogP contribution in [0.15, 0.2) is 36.7 Å². The first-order valence-corrected chi connectivity index (χ1v) is 5.56. The van der Waals surface area contributed by atoms with Crippen LogP contribution in [0.2, 0.25) is 5.02 Å². The molecule has 0 aliphatic heterocycles. The molecule has 2 N–H and O–H groups in total. The minimum atomic E-state index is -1.08. The number of nitrogens with one attached hydrogen (secondary N) is 1.